The number of carbonyl (C=O) groups is 4. The van der Waals surface area contributed by atoms with Crippen molar-refractivity contribution in [3.05, 3.63) is 71.5 Å². The molecule has 2 saturated heterocycles. The molecule has 46 heavy (non-hydrogen) atoms. The number of amides is 3. The fourth-order valence-corrected chi connectivity index (χ4v) is 6.20. The molecule has 12 heteroatoms. The summed E-state index contributed by atoms with van der Waals surface area (Å²) in [5, 5.41) is 8.00. The zero-order chi connectivity index (χ0) is 33.1. The largest absolute Gasteiger partial charge is 0.465 e. The molecule has 0 aliphatic carbocycles. The molecule has 4 rings (SSSR count). The van der Waals surface area contributed by atoms with Crippen LogP contribution in [0.25, 0.3) is 0 Å². The molecule has 2 aromatic rings. The van der Waals surface area contributed by atoms with Crippen LogP contribution in [0, 0.1) is 17.7 Å². The first-order valence-corrected chi connectivity index (χ1v) is 16.4. The Hall–Kier alpha value is -3.64. The van der Waals surface area contributed by atoms with Gasteiger partial charge in [-0.05, 0) is 61.3 Å². The highest BCUT2D eigenvalue weighted by molar-refractivity contribution is 7.81. The average Bonchev–Trinajstić information content (AvgIpc) is 3.71. The maximum atomic E-state index is 13.8. The van der Waals surface area contributed by atoms with Crippen molar-refractivity contribution in [2.75, 3.05) is 13.2 Å². The summed E-state index contributed by atoms with van der Waals surface area (Å²) < 4.78 is 29.9. The van der Waals surface area contributed by atoms with Gasteiger partial charge < -0.3 is 30.2 Å². The number of nitrogens with one attached hydrogen (secondary N) is 3. The molecular formula is C34H44FN3O7S. The fraction of sp³-hybridized carbons (Fsp3) is 0.529. The minimum atomic E-state index is -1.12. The second kappa shape index (κ2) is 17.3. The van der Waals surface area contributed by atoms with E-state index in [2.05, 4.69) is 16.0 Å². The minimum Gasteiger partial charge on any atom is -0.465 e. The second-order valence-corrected chi connectivity index (χ2v) is 12.9. The molecule has 6 atom stereocenters. The summed E-state index contributed by atoms with van der Waals surface area (Å²) in [4.78, 5) is 52.8. The summed E-state index contributed by atoms with van der Waals surface area (Å²) in [6, 6.07) is 12.1. The Morgan fingerprint density at radius 2 is 1.65 bits per heavy atom. The number of hydrogen-bond acceptors (Lipinski definition) is 8. The van der Waals surface area contributed by atoms with E-state index in [1.807, 2.05) is 44.2 Å². The smallest absolute Gasteiger partial charge is 0.408 e. The Morgan fingerprint density at radius 1 is 0.935 bits per heavy atom. The minimum absolute atomic E-state index is 0.00146. The Balaban J connectivity index is 1.48. The van der Waals surface area contributed by atoms with E-state index in [-0.39, 0.29) is 31.0 Å². The number of esters is 1. The van der Waals surface area contributed by atoms with Crippen LogP contribution in [-0.4, -0.2) is 66.6 Å². The highest BCUT2D eigenvalue weighted by Crippen LogP contribution is 2.29. The lowest BCUT2D eigenvalue weighted by atomic mass is 9.92. The summed E-state index contributed by atoms with van der Waals surface area (Å²) >= 11 is 4.77. The van der Waals surface area contributed by atoms with Crippen molar-refractivity contribution in [3.63, 3.8) is 0 Å². The number of thiol groups is 1. The quantitative estimate of drug-likeness (QED) is 0.168. The van der Waals surface area contributed by atoms with Crippen LogP contribution in [0.5, 0.6) is 0 Å². The predicted octanol–water partition coefficient (Wildman–Crippen LogP) is 4.11. The third kappa shape index (κ3) is 10.7. The molecule has 10 nitrogen and oxygen atoms in total. The normalized spacial score (nSPS) is 20.3. The van der Waals surface area contributed by atoms with Gasteiger partial charge >= 0.3 is 12.1 Å². The van der Waals surface area contributed by atoms with Gasteiger partial charge in [-0.15, -0.1) is 0 Å². The molecule has 0 unspecified atom stereocenters. The van der Waals surface area contributed by atoms with Gasteiger partial charge in [0, 0.05) is 24.3 Å². The molecule has 2 fully saturated rings. The van der Waals surface area contributed by atoms with Crippen LogP contribution in [0.1, 0.15) is 57.1 Å². The van der Waals surface area contributed by atoms with E-state index in [1.165, 1.54) is 24.3 Å². The molecule has 3 N–H and O–H groups in total. The van der Waals surface area contributed by atoms with Gasteiger partial charge in [0.2, 0.25) is 11.8 Å². The monoisotopic (exact) mass is 657 g/mol. The highest BCUT2D eigenvalue weighted by atomic mass is 32.1. The zero-order valence-corrected chi connectivity index (χ0v) is 27.2. The van der Waals surface area contributed by atoms with Crippen LogP contribution >= 0.6 is 12.6 Å². The molecule has 2 aliphatic rings. The van der Waals surface area contributed by atoms with E-state index in [1.54, 1.807) is 0 Å². The van der Waals surface area contributed by atoms with Gasteiger partial charge in [-0.3, -0.25) is 14.4 Å². The number of benzene rings is 2. The molecule has 2 aromatic carbocycles. The van der Waals surface area contributed by atoms with Gasteiger partial charge in [0.05, 0.1) is 18.6 Å². The Kier molecular flexibility index (Phi) is 13.3. The van der Waals surface area contributed by atoms with Crippen LogP contribution in [-0.2, 0) is 41.6 Å². The van der Waals surface area contributed by atoms with Crippen molar-refractivity contribution >= 4 is 36.5 Å². The lowest BCUT2D eigenvalue weighted by Gasteiger charge is -2.31. The number of rotatable bonds is 15. The van der Waals surface area contributed by atoms with Crippen molar-refractivity contribution in [1.29, 1.82) is 0 Å². The van der Waals surface area contributed by atoms with Crippen molar-refractivity contribution < 1.29 is 37.8 Å². The Labute approximate surface area is 274 Å². The number of alkyl carbamates (subject to hydrolysis) is 1. The van der Waals surface area contributed by atoms with Gasteiger partial charge in [-0.1, -0.05) is 56.3 Å². The topological polar surface area (TPSA) is 132 Å². The van der Waals surface area contributed by atoms with Gasteiger partial charge in [0.15, 0.2) is 0 Å². The molecule has 250 valence electrons. The van der Waals surface area contributed by atoms with Crippen molar-refractivity contribution in [2.24, 2.45) is 11.8 Å². The second-order valence-electron chi connectivity index (χ2n) is 12.3. The Bertz CT molecular complexity index is 1310. The average molecular weight is 658 g/mol. The SMILES string of the molecule is CC(C)C[C@H](NC(=O)[C@H](Cc1ccc(F)cc1)NC(=O)OCc1ccccc1)C(=O)N[C@@H](C[C@H]1CCCO1)[C@@H](S)[C@@H]1CCOC1=O. The Morgan fingerprint density at radius 3 is 2.28 bits per heavy atom. The third-order valence-electron chi connectivity index (χ3n) is 8.18. The van der Waals surface area contributed by atoms with Crippen LogP contribution in [0.15, 0.2) is 54.6 Å². The van der Waals surface area contributed by atoms with E-state index in [0.29, 0.717) is 38.0 Å². The zero-order valence-electron chi connectivity index (χ0n) is 26.3. The van der Waals surface area contributed by atoms with E-state index in [4.69, 9.17) is 26.8 Å². The van der Waals surface area contributed by atoms with Gasteiger partial charge in [-0.25, -0.2) is 9.18 Å². The third-order valence-corrected chi connectivity index (χ3v) is 8.90. The number of carbonyl (C=O) groups excluding carboxylic acids is 4. The predicted molar refractivity (Wildman–Crippen MR) is 172 cm³/mol. The first-order valence-electron chi connectivity index (χ1n) is 15.9. The number of cyclic esters (lactones) is 1. The molecule has 0 saturated carbocycles. The number of hydrogen-bond donors (Lipinski definition) is 4. The van der Waals surface area contributed by atoms with Crippen LogP contribution in [0.3, 0.4) is 0 Å². The first-order chi connectivity index (χ1) is 22.1. The maximum absolute atomic E-state index is 13.8. The van der Waals surface area contributed by atoms with Crippen LogP contribution in [0.2, 0.25) is 0 Å². The van der Waals surface area contributed by atoms with Gasteiger partial charge in [-0.2, -0.15) is 12.6 Å². The van der Waals surface area contributed by atoms with Gasteiger partial charge in [0.1, 0.15) is 24.5 Å². The molecule has 0 aromatic heterocycles. The number of ether oxygens (including phenoxy) is 3. The van der Waals surface area contributed by atoms with Gasteiger partial charge in [0.25, 0.3) is 0 Å². The maximum Gasteiger partial charge on any atom is 0.408 e. The summed E-state index contributed by atoms with van der Waals surface area (Å²) in [6.07, 6.45) is 2.18. The molecule has 0 bridgehead atoms. The highest BCUT2D eigenvalue weighted by Gasteiger charge is 2.39. The molecule has 3 amide bonds. The summed E-state index contributed by atoms with van der Waals surface area (Å²) in [5.74, 6) is -2.24. The molecule has 0 spiro atoms. The molecule has 2 heterocycles. The van der Waals surface area contributed by atoms with Crippen molar-refractivity contribution in [3.8, 4) is 0 Å². The van der Waals surface area contributed by atoms with E-state index in [9.17, 15) is 23.6 Å². The van der Waals surface area contributed by atoms with Crippen molar-refractivity contribution in [2.45, 2.75) is 88.5 Å². The van der Waals surface area contributed by atoms with Crippen LogP contribution < -0.4 is 16.0 Å². The summed E-state index contributed by atoms with van der Waals surface area (Å²) in [5.41, 5.74) is 1.38. The van der Waals surface area contributed by atoms with E-state index in [0.717, 1.165) is 18.4 Å². The number of halogens is 1. The van der Waals surface area contributed by atoms with E-state index < -0.39 is 53.0 Å². The molecular weight excluding hydrogens is 613 g/mol. The fourth-order valence-electron chi connectivity index (χ4n) is 5.73. The lowest BCUT2D eigenvalue weighted by molar-refractivity contribution is -0.141. The standard InChI is InChI=1S/C34H44FN3O7S/c1-21(2)17-28(31(39)36-27(19-25-9-6-15-43-25)30(46)26-14-16-44-33(26)41)37-32(40)29(18-22-10-12-24(35)13-11-22)38-34(42)45-20-23-7-4-3-5-8-23/h3-5,7-8,10-13,21,25-30,46H,6,9,14-20H2,1-2H3,(H,36,39)(H,37,40)(H,38,42)/t25-,26+,27+,28+,29+,30+/m1/s1. The molecule has 2 aliphatic heterocycles. The first kappa shape index (κ1) is 35.2. The molecule has 0 radical (unpaired) electrons. The summed E-state index contributed by atoms with van der Waals surface area (Å²) in [6.45, 7) is 4.81. The van der Waals surface area contributed by atoms with Crippen LogP contribution in [0.4, 0.5) is 9.18 Å². The van der Waals surface area contributed by atoms with Crippen molar-refractivity contribution in [1.82, 2.24) is 16.0 Å². The van der Waals surface area contributed by atoms with E-state index >= 15 is 0 Å². The lowest BCUT2D eigenvalue weighted by Crippen LogP contribution is -2.57. The summed E-state index contributed by atoms with van der Waals surface area (Å²) in [7, 11) is 0.